The second-order valence-electron chi connectivity index (χ2n) is 6.84. The third kappa shape index (κ3) is 5.40. The molecule has 1 saturated carbocycles. The Hall–Kier alpha value is -2.24. The standard InChI is InChI=1S/C21H21Cl2NO4/c22-14-7-10-17(18(23)11-14)21(27)24-19(12-20(25)26)13-5-8-16(9-6-13)28-15-3-1-2-4-15/h5-11,15,19H,1-4,12H2,(H,24,27)(H,25,26). The van der Waals surface area contributed by atoms with E-state index < -0.39 is 17.9 Å². The summed E-state index contributed by atoms with van der Waals surface area (Å²) in [5, 5.41) is 12.6. The molecule has 0 spiro atoms. The first kappa shape index (κ1) is 20.5. The molecular formula is C21H21Cl2NO4. The van der Waals surface area contributed by atoms with E-state index in [1.165, 1.54) is 25.0 Å². The minimum absolute atomic E-state index is 0.208. The van der Waals surface area contributed by atoms with Crippen molar-refractivity contribution in [2.24, 2.45) is 0 Å². The molecule has 7 heteroatoms. The Morgan fingerprint density at radius 2 is 1.79 bits per heavy atom. The van der Waals surface area contributed by atoms with Crippen molar-refractivity contribution in [3.8, 4) is 5.75 Å². The van der Waals surface area contributed by atoms with Gasteiger partial charge < -0.3 is 15.2 Å². The van der Waals surface area contributed by atoms with Gasteiger partial charge in [-0.15, -0.1) is 0 Å². The number of carbonyl (C=O) groups excluding carboxylic acids is 1. The van der Waals surface area contributed by atoms with Crippen LogP contribution in [0.15, 0.2) is 42.5 Å². The number of rotatable bonds is 7. The van der Waals surface area contributed by atoms with Crippen LogP contribution in [0.25, 0.3) is 0 Å². The lowest BCUT2D eigenvalue weighted by Crippen LogP contribution is -2.30. The molecule has 2 N–H and O–H groups in total. The van der Waals surface area contributed by atoms with Crippen molar-refractivity contribution < 1.29 is 19.4 Å². The predicted molar refractivity (Wildman–Crippen MR) is 108 cm³/mol. The highest BCUT2D eigenvalue weighted by Gasteiger charge is 2.21. The maximum atomic E-state index is 12.6. The summed E-state index contributed by atoms with van der Waals surface area (Å²) in [5.74, 6) is -0.727. The van der Waals surface area contributed by atoms with Gasteiger partial charge in [-0.2, -0.15) is 0 Å². The summed E-state index contributed by atoms with van der Waals surface area (Å²) in [4.78, 5) is 23.9. The van der Waals surface area contributed by atoms with Crippen LogP contribution in [0.2, 0.25) is 10.0 Å². The van der Waals surface area contributed by atoms with E-state index in [1.54, 1.807) is 18.2 Å². The SMILES string of the molecule is O=C(O)CC(NC(=O)c1ccc(Cl)cc1Cl)c1ccc(OC2CCCC2)cc1. The highest BCUT2D eigenvalue weighted by molar-refractivity contribution is 6.36. The minimum Gasteiger partial charge on any atom is -0.490 e. The van der Waals surface area contributed by atoms with Crippen molar-refractivity contribution in [1.29, 1.82) is 0 Å². The Morgan fingerprint density at radius 3 is 2.39 bits per heavy atom. The smallest absolute Gasteiger partial charge is 0.305 e. The molecule has 2 aromatic rings. The Balaban J connectivity index is 1.73. The first-order chi connectivity index (χ1) is 13.4. The van der Waals surface area contributed by atoms with Crippen LogP contribution in [0.3, 0.4) is 0 Å². The second kappa shape index (κ2) is 9.30. The van der Waals surface area contributed by atoms with Crippen molar-refractivity contribution in [1.82, 2.24) is 5.32 Å². The van der Waals surface area contributed by atoms with Gasteiger partial charge in [0.25, 0.3) is 5.91 Å². The number of hydrogen-bond acceptors (Lipinski definition) is 3. The molecule has 2 aromatic carbocycles. The first-order valence-electron chi connectivity index (χ1n) is 9.16. The van der Waals surface area contributed by atoms with Crippen molar-refractivity contribution in [3.63, 3.8) is 0 Å². The third-order valence-electron chi connectivity index (χ3n) is 4.75. The van der Waals surface area contributed by atoms with E-state index in [1.807, 2.05) is 12.1 Å². The summed E-state index contributed by atoms with van der Waals surface area (Å²) < 4.78 is 5.93. The molecule has 1 aliphatic carbocycles. The molecule has 3 rings (SSSR count). The van der Waals surface area contributed by atoms with Gasteiger partial charge in [0.15, 0.2) is 0 Å². The maximum Gasteiger partial charge on any atom is 0.305 e. The number of benzene rings is 2. The van der Waals surface area contributed by atoms with E-state index in [0.29, 0.717) is 10.6 Å². The molecule has 0 bridgehead atoms. The number of hydrogen-bond donors (Lipinski definition) is 2. The van der Waals surface area contributed by atoms with Crippen molar-refractivity contribution in [2.75, 3.05) is 0 Å². The molecule has 1 unspecified atom stereocenters. The van der Waals surface area contributed by atoms with Crippen LogP contribution >= 0.6 is 23.2 Å². The fourth-order valence-corrected chi connectivity index (χ4v) is 3.81. The molecule has 1 atom stereocenters. The number of nitrogens with one attached hydrogen (secondary N) is 1. The number of carboxylic acid groups (broad SMARTS) is 1. The Kier molecular flexibility index (Phi) is 6.81. The Bertz CT molecular complexity index is 848. The lowest BCUT2D eigenvalue weighted by Gasteiger charge is -2.19. The van der Waals surface area contributed by atoms with E-state index in [4.69, 9.17) is 27.9 Å². The average molecular weight is 422 g/mol. The van der Waals surface area contributed by atoms with Crippen LogP contribution in [0.4, 0.5) is 0 Å². The molecule has 1 aliphatic rings. The van der Waals surface area contributed by atoms with Gasteiger partial charge in [0.05, 0.1) is 29.2 Å². The Morgan fingerprint density at radius 1 is 1.11 bits per heavy atom. The van der Waals surface area contributed by atoms with Gasteiger partial charge in [0.1, 0.15) is 5.75 Å². The molecular weight excluding hydrogens is 401 g/mol. The van der Waals surface area contributed by atoms with Gasteiger partial charge in [0.2, 0.25) is 0 Å². The van der Waals surface area contributed by atoms with E-state index in [9.17, 15) is 14.7 Å². The molecule has 0 aliphatic heterocycles. The van der Waals surface area contributed by atoms with E-state index in [2.05, 4.69) is 5.32 Å². The topological polar surface area (TPSA) is 75.6 Å². The third-order valence-corrected chi connectivity index (χ3v) is 5.30. The lowest BCUT2D eigenvalue weighted by atomic mass is 10.0. The zero-order valence-corrected chi connectivity index (χ0v) is 16.7. The monoisotopic (exact) mass is 421 g/mol. The van der Waals surface area contributed by atoms with Gasteiger partial charge in [-0.25, -0.2) is 0 Å². The molecule has 1 amide bonds. The fourth-order valence-electron chi connectivity index (χ4n) is 3.31. The summed E-state index contributed by atoms with van der Waals surface area (Å²) in [6, 6.07) is 11.0. The molecule has 0 heterocycles. The normalized spacial score (nSPS) is 15.2. The predicted octanol–water partition coefficient (Wildman–Crippen LogP) is 5.26. The molecule has 0 saturated heterocycles. The summed E-state index contributed by atoms with van der Waals surface area (Å²) in [7, 11) is 0. The van der Waals surface area contributed by atoms with Crippen LogP contribution in [0, 0.1) is 0 Å². The molecule has 5 nitrogen and oxygen atoms in total. The Labute approximate surface area is 173 Å². The summed E-state index contributed by atoms with van der Waals surface area (Å²) in [6.45, 7) is 0. The molecule has 28 heavy (non-hydrogen) atoms. The number of aliphatic carboxylic acids is 1. The van der Waals surface area contributed by atoms with E-state index in [0.717, 1.165) is 18.6 Å². The van der Waals surface area contributed by atoms with Gasteiger partial charge in [-0.05, 0) is 61.6 Å². The zero-order chi connectivity index (χ0) is 20.1. The van der Waals surface area contributed by atoms with Gasteiger partial charge in [-0.3, -0.25) is 9.59 Å². The zero-order valence-electron chi connectivity index (χ0n) is 15.2. The average Bonchev–Trinajstić information content (AvgIpc) is 3.14. The first-order valence-corrected chi connectivity index (χ1v) is 9.92. The summed E-state index contributed by atoms with van der Waals surface area (Å²) in [6.07, 6.45) is 4.47. The fraction of sp³-hybridized carbons (Fsp3) is 0.333. The molecule has 0 radical (unpaired) electrons. The quantitative estimate of drug-likeness (QED) is 0.638. The molecule has 148 valence electrons. The number of ether oxygens (including phenoxy) is 1. The highest BCUT2D eigenvalue weighted by atomic mass is 35.5. The van der Waals surface area contributed by atoms with Crippen molar-refractivity contribution in [2.45, 2.75) is 44.2 Å². The van der Waals surface area contributed by atoms with E-state index >= 15 is 0 Å². The largest absolute Gasteiger partial charge is 0.490 e. The minimum atomic E-state index is -1.02. The van der Waals surface area contributed by atoms with Gasteiger partial charge in [-0.1, -0.05) is 35.3 Å². The highest BCUT2D eigenvalue weighted by Crippen LogP contribution is 2.27. The van der Waals surface area contributed by atoms with Crippen LogP contribution in [0.5, 0.6) is 5.75 Å². The number of carbonyl (C=O) groups is 2. The molecule has 1 fully saturated rings. The molecule has 0 aromatic heterocycles. The van der Waals surface area contributed by atoms with Gasteiger partial charge >= 0.3 is 5.97 Å². The summed E-state index contributed by atoms with van der Waals surface area (Å²) in [5.41, 5.74) is 0.919. The van der Waals surface area contributed by atoms with Gasteiger partial charge in [0, 0.05) is 5.02 Å². The van der Waals surface area contributed by atoms with E-state index in [-0.39, 0.29) is 23.1 Å². The maximum absolute atomic E-state index is 12.6. The van der Waals surface area contributed by atoms with Crippen molar-refractivity contribution >= 4 is 35.1 Å². The number of halogens is 2. The van der Waals surface area contributed by atoms with Crippen LogP contribution < -0.4 is 10.1 Å². The lowest BCUT2D eigenvalue weighted by molar-refractivity contribution is -0.137. The summed E-state index contributed by atoms with van der Waals surface area (Å²) >= 11 is 11.9. The van der Waals surface area contributed by atoms with Crippen LogP contribution in [-0.4, -0.2) is 23.1 Å². The second-order valence-corrected chi connectivity index (χ2v) is 7.69. The number of amides is 1. The number of carboxylic acids is 1. The van der Waals surface area contributed by atoms with Crippen LogP contribution in [-0.2, 0) is 4.79 Å². The van der Waals surface area contributed by atoms with Crippen LogP contribution in [0.1, 0.15) is 54.1 Å². The van der Waals surface area contributed by atoms with Crippen molar-refractivity contribution in [3.05, 3.63) is 63.6 Å².